The van der Waals surface area contributed by atoms with Crippen LogP contribution < -0.4 is 5.32 Å². The highest BCUT2D eigenvalue weighted by molar-refractivity contribution is 4.99. The molecule has 15 heavy (non-hydrogen) atoms. The summed E-state index contributed by atoms with van der Waals surface area (Å²) in [6.45, 7) is 2.01. The molecule has 2 heterocycles. The molecule has 84 valence electrons. The molecule has 1 aromatic rings. The Morgan fingerprint density at radius 3 is 3.27 bits per heavy atom. The molecule has 2 atom stereocenters. The van der Waals surface area contributed by atoms with E-state index in [9.17, 15) is 5.11 Å². The average Bonchev–Trinajstić information content (AvgIpc) is 2.82. The lowest BCUT2D eigenvalue weighted by Crippen LogP contribution is -2.19. The fraction of sp³-hybridized carbons (Fsp3) is 0.778. The van der Waals surface area contributed by atoms with Crippen molar-refractivity contribution in [3.05, 3.63) is 12.2 Å². The lowest BCUT2D eigenvalue weighted by Gasteiger charge is -2.11. The second-order valence-corrected chi connectivity index (χ2v) is 3.73. The Kier molecular flexibility index (Phi) is 3.30. The van der Waals surface area contributed by atoms with Gasteiger partial charge in [-0.25, -0.2) is 0 Å². The van der Waals surface area contributed by atoms with E-state index in [0.29, 0.717) is 19.6 Å². The fourth-order valence-electron chi connectivity index (χ4n) is 1.81. The molecule has 1 aromatic heterocycles. The first-order chi connectivity index (χ1) is 7.31. The predicted octanol–water partition coefficient (Wildman–Crippen LogP) is -0.680. The van der Waals surface area contributed by atoms with E-state index in [-0.39, 0.29) is 12.1 Å². The Hall–Kier alpha value is -0.980. The minimum Gasteiger partial charge on any atom is -0.392 e. The number of hydrogen-bond donors (Lipinski definition) is 2. The van der Waals surface area contributed by atoms with Gasteiger partial charge in [0.05, 0.1) is 18.8 Å². The van der Waals surface area contributed by atoms with Gasteiger partial charge in [0.1, 0.15) is 12.2 Å². The number of aliphatic hydroxyl groups excluding tert-OH is 1. The summed E-state index contributed by atoms with van der Waals surface area (Å²) in [4.78, 5) is 0. The quantitative estimate of drug-likeness (QED) is 0.692. The zero-order chi connectivity index (χ0) is 10.7. The molecule has 0 spiro atoms. The molecule has 2 N–H and O–H groups in total. The highest BCUT2D eigenvalue weighted by atomic mass is 16.5. The molecule has 1 saturated heterocycles. The number of ether oxygens (including phenoxy) is 1. The summed E-state index contributed by atoms with van der Waals surface area (Å²) in [5.41, 5.74) is 0. The number of nitrogens with one attached hydrogen (secondary N) is 1. The van der Waals surface area contributed by atoms with Crippen LogP contribution in [0.1, 0.15) is 18.3 Å². The summed E-state index contributed by atoms with van der Waals surface area (Å²) in [5, 5.41) is 20.6. The van der Waals surface area contributed by atoms with Crippen molar-refractivity contribution in [3.63, 3.8) is 0 Å². The average molecular weight is 212 g/mol. The van der Waals surface area contributed by atoms with Crippen LogP contribution in [0.15, 0.2) is 6.33 Å². The monoisotopic (exact) mass is 212 g/mol. The van der Waals surface area contributed by atoms with Crippen molar-refractivity contribution < 1.29 is 9.84 Å². The molecule has 6 heteroatoms. The van der Waals surface area contributed by atoms with Gasteiger partial charge in [-0.3, -0.25) is 0 Å². The molecule has 0 aromatic carbocycles. The van der Waals surface area contributed by atoms with Gasteiger partial charge in [-0.05, 0) is 6.42 Å². The van der Waals surface area contributed by atoms with Gasteiger partial charge in [0.15, 0.2) is 0 Å². The van der Waals surface area contributed by atoms with Gasteiger partial charge in [-0.1, -0.05) is 0 Å². The highest BCUT2D eigenvalue weighted by Crippen LogP contribution is 2.21. The van der Waals surface area contributed by atoms with E-state index in [1.807, 2.05) is 4.57 Å². The third-order valence-corrected chi connectivity index (χ3v) is 2.60. The molecule has 1 aliphatic rings. The minimum absolute atomic E-state index is 0.111. The molecule has 6 nitrogen and oxygen atoms in total. The van der Waals surface area contributed by atoms with Crippen molar-refractivity contribution >= 4 is 0 Å². The summed E-state index contributed by atoms with van der Waals surface area (Å²) < 4.78 is 6.97. The van der Waals surface area contributed by atoms with E-state index in [1.165, 1.54) is 0 Å². The third-order valence-electron chi connectivity index (χ3n) is 2.60. The first-order valence-corrected chi connectivity index (χ1v) is 5.09. The first-order valence-electron chi connectivity index (χ1n) is 5.09. The van der Waals surface area contributed by atoms with Crippen LogP contribution in [0, 0.1) is 0 Å². The standard InChI is InChI=1S/C9H16N4O2/c1-15-3-2-13-6-11-12-9(13)8-4-7(14)5-10-8/h6-8,10,14H,2-5H2,1H3/t7-,8-/m0/s1. The van der Waals surface area contributed by atoms with Crippen LogP contribution in [0.25, 0.3) is 0 Å². The molecule has 0 radical (unpaired) electrons. The Morgan fingerprint density at radius 2 is 2.60 bits per heavy atom. The van der Waals surface area contributed by atoms with Crippen LogP contribution in [0.2, 0.25) is 0 Å². The van der Waals surface area contributed by atoms with Crippen molar-refractivity contribution in [1.82, 2.24) is 20.1 Å². The summed E-state index contributed by atoms with van der Waals surface area (Å²) >= 11 is 0. The van der Waals surface area contributed by atoms with E-state index >= 15 is 0 Å². The van der Waals surface area contributed by atoms with Crippen LogP contribution >= 0.6 is 0 Å². The van der Waals surface area contributed by atoms with Crippen molar-refractivity contribution in [1.29, 1.82) is 0 Å². The number of hydrogen-bond acceptors (Lipinski definition) is 5. The van der Waals surface area contributed by atoms with E-state index in [4.69, 9.17) is 4.74 Å². The van der Waals surface area contributed by atoms with Gasteiger partial charge in [0.25, 0.3) is 0 Å². The molecule has 0 amide bonds. The second kappa shape index (κ2) is 4.69. The zero-order valence-corrected chi connectivity index (χ0v) is 8.76. The molecule has 0 saturated carbocycles. The molecule has 2 rings (SSSR count). The highest BCUT2D eigenvalue weighted by Gasteiger charge is 2.27. The van der Waals surface area contributed by atoms with E-state index in [2.05, 4.69) is 15.5 Å². The Balaban J connectivity index is 2.04. The topological polar surface area (TPSA) is 72.2 Å². The zero-order valence-electron chi connectivity index (χ0n) is 8.76. The molecule has 0 unspecified atom stereocenters. The summed E-state index contributed by atoms with van der Waals surface area (Å²) in [6.07, 6.45) is 2.12. The summed E-state index contributed by atoms with van der Waals surface area (Å²) in [7, 11) is 1.67. The number of aromatic nitrogens is 3. The summed E-state index contributed by atoms with van der Waals surface area (Å²) in [5.74, 6) is 0.878. The maximum Gasteiger partial charge on any atom is 0.150 e. The molecule has 0 bridgehead atoms. The van der Waals surface area contributed by atoms with Crippen molar-refractivity contribution in [2.75, 3.05) is 20.3 Å². The SMILES string of the molecule is COCCn1cnnc1[C@@H]1C[C@H](O)CN1. The van der Waals surface area contributed by atoms with Crippen LogP contribution in [-0.2, 0) is 11.3 Å². The third kappa shape index (κ3) is 2.34. The maximum absolute atomic E-state index is 9.42. The molecule has 1 aliphatic heterocycles. The smallest absolute Gasteiger partial charge is 0.150 e. The molecule has 1 fully saturated rings. The number of aliphatic hydroxyl groups is 1. The van der Waals surface area contributed by atoms with Gasteiger partial charge in [0.2, 0.25) is 0 Å². The molecular formula is C9H16N4O2. The van der Waals surface area contributed by atoms with Crippen molar-refractivity contribution in [2.45, 2.75) is 25.1 Å². The normalized spacial score (nSPS) is 26.0. The Morgan fingerprint density at radius 1 is 1.73 bits per heavy atom. The molecule has 0 aliphatic carbocycles. The lowest BCUT2D eigenvalue weighted by molar-refractivity contribution is 0.184. The lowest BCUT2D eigenvalue weighted by atomic mass is 10.2. The minimum atomic E-state index is -0.275. The van der Waals surface area contributed by atoms with Gasteiger partial charge in [-0.15, -0.1) is 10.2 Å². The Bertz CT molecular complexity index is 315. The Labute approximate surface area is 88.3 Å². The largest absolute Gasteiger partial charge is 0.392 e. The van der Waals surface area contributed by atoms with Gasteiger partial charge < -0.3 is 19.7 Å². The van der Waals surface area contributed by atoms with E-state index in [1.54, 1.807) is 13.4 Å². The van der Waals surface area contributed by atoms with E-state index < -0.39 is 0 Å². The first kappa shape index (κ1) is 10.5. The second-order valence-electron chi connectivity index (χ2n) is 3.73. The van der Waals surface area contributed by atoms with Gasteiger partial charge in [-0.2, -0.15) is 0 Å². The maximum atomic E-state index is 9.42. The van der Waals surface area contributed by atoms with Crippen LogP contribution in [-0.4, -0.2) is 46.2 Å². The summed E-state index contributed by atoms with van der Waals surface area (Å²) in [6, 6.07) is 0.111. The van der Waals surface area contributed by atoms with Crippen molar-refractivity contribution in [3.8, 4) is 0 Å². The predicted molar refractivity (Wildman–Crippen MR) is 53.3 cm³/mol. The number of β-amino-alcohol motifs (C(OH)–C–C–N with tert-alkyl or cyclic N) is 1. The fourth-order valence-corrected chi connectivity index (χ4v) is 1.81. The van der Waals surface area contributed by atoms with Gasteiger partial charge in [0, 0.05) is 20.2 Å². The van der Waals surface area contributed by atoms with E-state index in [0.717, 1.165) is 12.4 Å². The van der Waals surface area contributed by atoms with Crippen molar-refractivity contribution in [2.24, 2.45) is 0 Å². The number of rotatable bonds is 4. The van der Waals surface area contributed by atoms with Crippen LogP contribution in [0.4, 0.5) is 0 Å². The molecular weight excluding hydrogens is 196 g/mol. The van der Waals surface area contributed by atoms with Crippen LogP contribution in [0.3, 0.4) is 0 Å². The van der Waals surface area contributed by atoms with Crippen LogP contribution in [0.5, 0.6) is 0 Å². The van der Waals surface area contributed by atoms with Gasteiger partial charge >= 0.3 is 0 Å². The number of methoxy groups -OCH3 is 1. The number of nitrogens with zero attached hydrogens (tertiary/aromatic N) is 3.